The summed E-state index contributed by atoms with van der Waals surface area (Å²) in [4.78, 5) is 11.6. The van der Waals surface area contributed by atoms with Crippen LogP contribution in [0.15, 0.2) is 21.8 Å². The molecule has 0 aromatic rings. The van der Waals surface area contributed by atoms with Crippen LogP contribution in [0.3, 0.4) is 0 Å². The number of hydrogen-bond donors (Lipinski definition) is 0. The lowest BCUT2D eigenvalue weighted by atomic mass is 9.70. The molecule has 0 aromatic carbocycles. The van der Waals surface area contributed by atoms with Crippen LogP contribution in [0.1, 0.15) is 33.6 Å². The molecule has 0 saturated heterocycles. The van der Waals surface area contributed by atoms with Gasteiger partial charge in [-0.3, -0.25) is 0 Å². The van der Waals surface area contributed by atoms with Gasteiger partial charge in [0, 0.05) is 18.2 Å². The Bertz CT molecular complexity index is 498. The number of guanidine groups is 1. The van der Waals surface area contributed by atoms with E-state index in [1.165, 1.54) is 24.1 Å². The molecule has 3 heteroatoms. The molecule has 2 heterocycles. The Morgan fingerprint density at radius 2 is 2.18 bits per heavy atom. The van der Waals surface area contributed by atoms with Crippen molar-refractivity contribution in [2.75, 3.05) is 13.1 Å². The molecule has 0 aromatic heterocycles. The van der Waals surface area contributed by atoms with Gasteiger partial charge in [-0.05, 0) is 29.7 Å². The minimum atomic E-state index is 0.265. The number of hydrogen-bond acceptors (Lipinski definition) is 3. The molecule has 3 nitrogen and oxygen atoms in total. The van der Waals surface area contributed by atoms with Gasteiger partial charge in [0.1, 0.15) is 0 Å². The molecule has 0 N–H and O–H groups in total. The first kappa shape index (κ1) is 9.86. The molecule has 4 rings (SSSR count). The van der Waals surface area contributed by atoms with E-state index in [-0.39, 0.29) is 5.41 Å². The normalized spacial score (nSPS) is 40.8. The Morgan fingerprint density at radius 3 is 3.00 bits per heavy atom. The van der Waals surface area contributed by atoms with Gasteiger partial charge < -0.3 is 4.90 Å². The summed E-state index contributed by atoms with van der Waals surface area (Å²) in [5, 5.41) is 0. The molecule has 2 saturated carbocycles. The summed E-state index contributed by atoms with van der Waals surface area (Å²) in [6.45, 7) is 9.15. The maximum atomic E-state index is 4.88. The molecule has 17 heavy (non-hydrogen) atoms. The topological polar surface area (TPSA) is 28.0 Å². The van der Waals surface area contributed by atoms with E-state index in [9.17, 15) is 0 Å². The van der Waals surface area contributed by atoms with Gasteiger partial charge >= 0.3 is 0 Å². The number of allylic oxidation sites excluding steroid dienone is 1. The molecule has 0 radical (unpaired) electrons. The van der Waals surface area contributed by atoms with Crippen molar-refractivity contribution in [2.45, 2.75) is 33.6 Å². The Balaban J connectivity index is 1.93. The lowest BCUT2D eigenvalue weighted by molar-refractivity contribution is 0.202. The molecule has 2 bridgehead atoms. The van der Waals surface area contributed by atoms with E-state index in [0.29, 0.717) is 11.3 Å². The first-order chi connectivity index (χ1) is 8.04. The van der Waals surface area contributed by atoms with Gasteiger partial charge in [0.05, 0.1) is 12.3 Å². The van der Waals surface area contributed by atoms with Gasteiger partial charge in [0.25, 0.3) is 0 Å². The standard InChI is InChI=1S/C14H19N3/c1-13(2)10-4-5-14(13,3)11-9(10)8-17-7-6-15-12(17)16-11/h8,10H,4-7H2,1-3H3. The summed E-state index contributed by atoms with van der Waals surface area (Å²) >= 11 is 0. The molecular weight excluding hydrogens is 210 g/mol. The van der Waals surface area contributed by atoms with E-state index in [2.05, 4.69) is 36.9 Å². The van der Waals surface area contributed by atoms with Crippen LogP contribution in [0, 0.1) is 16.7 Å². The SMILES string of the molecule is CC12CCC(C3=CN4CCN=C4N=C31)C2(C)C. The monoisotopic (exact) mass is 229 g/mol. The van der Waals surface area contributed by atoms with Crippen LogP contribution in [0.2, 0.25) is 0 Å². The van der Waals surface area contributed by atoms with Crippen LogP contribution in [0.4, 0.5) is 0 Å². The zero-order valence-electron chi connectivity index (χ0n) is 10.8. The smallest absolute Gasteiger partial charge is 0.225 e. The largest absolute Gasteiger partial charge is 0.315 e. The molecule has 2 unspecified atom stereocenters. The average Bonchev–Trinajstić information content (AvgIpc) is 2.85. The molecule has 2 aliphatic heterocycles. The summed E-state index contributed by atoms with van der Waals surface area (Å²) in [7, 11) is 0. The number of aliphatic imine (C=N–C) groups is 2. The summed E-state index contributed by atoms with van der Waals surface area (Å²) in [5.41, 5.74) is 3.47. The van der Waals surface area contributed by atoms with Gasteiger partial charge in [0.2, 0.25) is 5.96 Å². The van der Waals surface area contributed by atoms with Crippen LogP contribution in [0.25, 0.3) is 0 Å². The van der Waals surface area contributed by atoms with Crippen molar-refractivity contribution in [1.29, 1.82) is 0 Å². The van der Waals surface area contributed by atoms with E-state index in [0.717, 1.165) is 19.0 Å². The number of nitrogens with zero attached hydrogens (tertiary/aromatic N) is 3. The van der Waals surface area contributed by atoms with E-state index in [1.807, 2.05) is 0 Å². The Labute approximate surface area is 102 Å². The van der Waals surface area contributed by atoms with Gasteiger partial charge in [-0.1, -0.05) is 20.8 Å². The highest BCUT2D eigenvalue weighted by atomic mass is 15.3. The highest BCUT2D eigenvalue weighted by Gasteiger charge is 2.63. The fourth-order valence-electron chi connectivity index (χ4n) is 4.23. The molecule has 4 aliphatic rings. The second-order valence-corrected chi connectivity index (χ2v) is 6.57. The van der Waals surface area contributed by atoms with E-state index >= 15 is 0 Å². The lowest BCUT2D eigenvalue weighted by Crippen LogP contribution is -2.36. The Hall–Kier alpha value is -1.12. The third-order valence-electron chi connectivity index (χ3n) is 5.76. The predicted molar refractivity (Wildman–Crippen MR) is 69.1 cm³/mol. The van der Waals surface area contributed by atoms with Crippen LogP contribution in [0.5, 0.6) is 0 Å². The molecule has 2 aliphatic carbocycles. The van der Waals surface area contributed by atoms with Crippen molar-refractivity contribution in [1.82, 2.24) is 4.90 Å². The van der Waals surface area contributed by atoms with Crippen LogP contribution < -0.4 is 0 Å². The molecule has 2 atom stereocenters. The van der Waals surface area contributed by atoms with Crippen molar-refractivity contribution < 1.29 is 0 Å². The average molecular weight is 229 g/mol. The quantitative estimate of drug-likeness (QED) is 0.627. The van der Waals surface area contributed by atoms with Crippen molar-refractivity contribution in [3.05, 3.63) is 11.8 Å². The van der Waals surface area contributed by atoms with E-state index in [4.69, 9.17) is 4.99 Å². The Morgan fingerprint density at radius 1 is 1.35 bits per heavy atom. The minimum Gasteiger partial charge on any atom is -0.315 e. The summed E-state index contributed by atoms with van der Waals surface area (Å²) in [6.07, 6.45) is 4.95. The minimum absolute atomic E-state index is 0.265. The van der Waals surface area contributed by atoms with Crippen molar-refractivity contribution in [3.8, 4) is 0 Å². The van der Waals surface area contributed by atoms with E-state index < -0.39 is 0 Å². The maximum absolute atomic E-state index is 4.88. The molecule has 2 fully saturated rings. The molecule has 0 amide bonds. The maximum Gasteiger partial charge on any atom is 0.225 e. The lowest BCUT2D eigenvalue weighted by Gasteiger charge is -2.34. The highest BCUT2D eigenvalue weighted by Crippen LogP contribution is 2.66. The number of fused-ring (bicyclic) bond motifs is 6. The third-order valence-corrected chi connectivity index (χ3v) is 5.76. The zero-order valence-corrected chi connectivity index (χ0v) is 10.8. The highest BCUT2D eigenvalue weighted by molar-refractivity contribution is 6.15. The Kier molecular flexibility index (Phi) is 1.54. The second-order valence-electron chi connectivity index (χ2n) is 6.57. The summed E-state index contributed by atoms with van der Waals surface area (Å²) < 4.78 is 0. The van der Waals surface area contributed by atoms with Crippen LogP contribution >= 0.6 is 0 Å². The summed E-state index contributed by atoms with van der Waals surface area (Å²) in [6, 6.07) is 0. The summed E-state index contributed by atoms with van der Waals surface area (Å²) in [5.74, 6) is 1.65. The van der Waals surface area contributed by atoms with Gasteiger partial charge in [-0.2, -0.15) is 0 Å². The van der Waals surface area contributed by atoms with Crippen LogP contribution in [-0.2, 0) is 0 Å². The third kappa shape index (κ3) is 0.917. The van der Waals surface area contributed by atoms with Crippen molar-refractivity contribution in [2.24, 2.45) is 26.7 Å². The second kappa shape index (κ2) is 2.65. The fraction of sp³-hybridized carbons (Fsp3) is 0.714. The predicted octanol–water partition coefficient (Wildman–Crippen LogP) is 2.45. The van der Waals surface area contributed by atoms with Crippen molar-refractivity contribution in [3.63, 3.8) is 0 Å². The van der Waals surface area contributed by atoms with Gasteiger partial charge in [-0.25, -0.2) is 9.98 Å². The van der Waals surface area contributed by atoms with Gasteiger partial charge in [0.15, 0.2) is 0 Å². The number of rotatable bonds is 0. The van der Waals surface area contributed by atoms with E-state index in [1.54, 1.807) is 0 Å². The van der Waals surface area contributed by atoms with Crippen molar-refractivity contribution >= 4 is 11.7 Å². The molecular formula is C14H19N3. The first-order valence-electron chi connectivity index (χ1n) is 6.66. The molecule has 0 spiro atoms. The fourth-order valence-corrected chi connectivity index (χ4v) is 4.23. The first-order valence-corrected chi connectivity index (χ1v) is 6.66. The zero-order chi connectivity index (χ0) is 11.8. The molecule has 90 valence electrons. The van der Waals surface area contributed by atoms with Crippen LogP contribution in [-0.4, -0.2) is 29.7 Å². The van der Waals surface area contributed by atoms with Gasteiger partial charge in [-0.15, -0.1) is 0 Å².